The summed E-state index contributed by atoms with van der Waals surface area (Å²) in [5.74, 6) is 0.375. The fourth-order valence-electron chi connectivity index (χ4n) is 4.91. The van der Waals surface area contributed by atoms with Crippen molar-refractivity contribution in [2.75, 3.05) is 17.3 Å². The summed E-state index contributed by atoms with van der Waals surface area (Å²) in [6.07, 6.45) is 0.275. The summed E-state index contributed by atoms with van der Waals surface area (Å²) in [6.45, 7) is 0. The van der Waals surface area contributed by atoms with Gasteiger partial charge in [0, 0.05) is 18.4 Å². The third-order valence-electron chi connectivity index (χ3n) is 6.38. The second-order valence-electron chi connectivity index (χ2n) is 7.99. The smallest absolute Gasteiger partial charge is 0.110 e. The zero-order chi connectivity index (χ0) is 19.4. The highest BCUT2D eigenvalue weighted by Gasteiger charge is 2.43. The van der Waals surface area contributed by atoms with E-state index in [9.17, 15) is 0 Å². The van der Waals surface area contributed by atoms with Gasteiger partial charge in [0.15, 0.2) is 0 Å². The maximum absolute atomic E-state index is 3.79. The minimum absolute atomic E-state index is 0.275. The topological polar surface area (TPSA) is 15.3 Å². The molecule has 0 radical (unpaired) electrons. The van der Waals surface area contributed by atoms with Crippen molar-refractivity contribution in [2.24, 2.45) is 0 Å². The van der Waals surface area contributed by atoms with Crippen molar-refractivity contribution in [3.63, 3.8) is 0 Å². The summed E-state index contributed by atoms with van der Waals surface area (Å²) in [6, 6.07) is 35.0. The fraction of sp³-hybridized carbons (Fsp3) is 0.111. The summed E-state index contributed by atoms with van der Waals surface area (Å²) in [5.41, 5.74) is 10.5. The predicted molar refractivity (Wildman–Crippen MR) is 121 cm³/mol. The maximum atomic E-state index is 3.79. The normalized spacial score (nSPS) is 18.7. The molecule has 2 aliphatic rings. The highest BCUT2D eigenvalue weighted by molar-refractivity contribution is 5.81. The lowest BCUT2D eigenvalue weighted by Gasteiger charge is -2.22. The van der Waals surface area contributed by atoms with Gasteiger partial charge in [0.25, 0.3) is 0 Å². The van der Waals surface area contributed by atoms with Gasteiger partial charge in [-0.05, 0) is 45.5 Å². The number of hydrogen-bond donors (Lipinski definition) is 1. The van der Waals surface area contributed by atoms with Crippen LogP contribution in [0.4, 0.5) is 11.4 Å². The first-order valence-corrected chi connectivity index (χ1v) is 10.2. The van der Waals surface area contributed by atoms with Crippen LogP contribution in [0.15, 0.2) is 97.1 Å². The zero-order valence-electron chi connectivity index (χ0n) is 16.3. The van der Waals surface area contributed by atoms with Crippen molar-refractivity contribution in [3.05, 3.63) is 108 Å². The number of rotatable bonds is 2. The van der Waals surface area contributed by atoms with Crippen LogP contribution in [0.3, 0.4) is 0 Å². The van der Waals surface area contributed by atoms with E-state index in [-0.39, 0.29) is 6.17 Å². The molecular weight excluding hydrogens is 352 g/mol. The van der Waals surface area contributed by atoms with Gasteiger partial charge in [-0.15, -0.1) is 0 Å². The molecule has 0 aliphatic carbocycles. The van der Waals surface area contributed by atoms with E-state index in [1.807, 2.05) is 0 Å². The van der Waals surface area contributed by atoms with Gasteiger partial charge >= 0.3 is 0 Å². The Morgan fingerprint density at radius 1 is 0.621 bits per heavy atom. The summed E-state index contributed by atoms with van der Waals surface area (Å²) in [5, 5.41) is 3.79. The third kappa shape index (κ3) is 2.49. The maximum Gasteiger partial charge on any atom is 0.110 e. The SMILES string of the molecule is CN1c2cc(-c3ccccc3)ccc2C2c3ccc(-c4ccccc4)cc3NC21. The Kier molecular flexibility index (Phi) is 3.54. The van der Waals surface area contributed by atoms with Crippen molar-refractivity contribution < 1.29 is 0 Å². The Hall–Kier alpha value is -3.52. The van der Waals surface area contributed by atoms with Crippen LogP contribution in [-0.4, -0.2) is 13.2 Å². The van der Waals surface area contributed by atoms with Gasteiger partial charge in [0.05, 0.1) is 5.92 Å². The molecule has 0 spiro atoms. The van der Waals surface area contributed by atoms with Gasteiger partial charge in [0.2, 0.25) is 0 Å². The minimum Gasteiger partial charge on any atom is -0.364 e. The van der Waals surface area contributed by atoms with Gasteiger partial charge in [-0.2, -0.15) is 0 Å². The van der Waals surface area contributed by atoms with Crippen LogP contribution in [-0.2, 0) is 0 Å². The van der Waals surface area contributed by atoms with E-state index in [4.69, 9.17) is 0 Å². The number of anilines is 2. The summed E-state index contributed by atoms with van der Waals surface area (Å²) in [7, 11) is 2.20. The summed E-state index contributed by atoms with van der Waals surface area (Å²) in [4.78, 5) is 2.40. The number of benzene rings is 4. The molecule has 0 saturated heterocycles. The molecule has 2 aliphatic heterocycles. The quantitative estimate of drug-likeness (QED) is 0.439. The molecule has 0 saturated carbocycles. The molecule has 6 rings (SSSR count). The number of fused-ring (bicyclic) bond motifs is 5. The second kappa shape index (κ2) is 6.25. The Morgan fingerprint density at radius 2 is 1.21 bits per heavy atom. The van der Waals surface area contributed by atoms with E-state index in [2.05, 4.69) is 114 Å². The fourth-order valence-corrected chi connectivity index (χ4v) is 4.91. The largest absolute Gasteiger partial charge is 0.364 e. The lowest BCUT2D eigenvalue weighted by atomic mass is 9.90. The van der Waals surface area contributed by atoms with Crippen molar-refractivity contribution in [1.82, 2.24) is 0 Å². The molecule has 4 aromatic rings. The van der Waals surface area contributed by atoms with Crippen LogP contribution in [0.2, 0.25) is 0 Å². The molecule has 0 amide bonds. The molecule has 2 nitrogen and oxygen atoms in total. The summed E-state index contributed by atoms with van der Waals surface area (Å²) < 4.78 is 0. The van der Waals surface area contributed by atoms with Crippen LogP contribution in [0, 0.1) is 0 Å². The molecule has 2 atom stereocenters. The monoisotopic (exact) mass is 374 g/mol. The molecule has 29 heavy (non-hydrogen) atoms. The van der Waals surface area contributed by atoms with Crippen LogP contribution >= 0.6 is 0 Å². The van der Waals surface area contributed by atoms with E-state index in [0.717, 1.165) is 0 Å². The zero-order valence-corrected chi connectivity index (χ0v) is 16.3. The van der Waals surface area contributed by atoms with Crippen LogP contribution in [0.1, 0.15) is 17.0 Å². The first kappa shape index (κ1) is 16.4. The van der Waals surface area contributed by atoms with Crippen LogP contribution in [0.25, 0.3) is 22.3 Å². The molecule has 4 aromatic carbocycles. The molecule has 2 heteroatoms. The number of likely N-dealkylation sites (N-methyl/N-ethyl adjacent to an activating group) is 1. The van der Waals surface area contributed by atoms with E-state index >= 15 is 0 Å². The molecule has 0 fully saturated rings. The molecule has 1 N–H and O–H groups in total. The number of nitrogens with one attached hydrogen (secondary N) is 1. The average molecular weight is 374 g/mol. The van der Waals surface area contributed by atoms with E-state index in [1.165, 1.54) is 44.8 Å². The minimum atomic E-state index is 0.275. The van der Waals surface area contributed by atoms with Crippen molar-refractivity contribution in [1.29, 1.82) is 0 Å². The molecule has 0 bridgehead atoms. The molecule has 2 heterocycles. The average Bonchev–Trinajstić information content (AvgIpc) is 3.29. The molecule has 140 valence electrons. The van der Waals surface area contributed by atoms with Crippen LogP contribution in [0.5, 0.6) is 0 Å². The highest BCUT2D eigenvalue weighted by Crippen LogP contribution is 2.51. The third-order valence-corrected chi connectivity index (χ3v) is 6.38. The predicted octanol–water partition coefficient (Wildman–Crippen LogP) is 6.35. The standard InChI is InChI=1S/C27H22N2/c1-29-25-17-21(19-10-6-3-7-11-19)13-15-23(25)26-22-14-12-20(16-24(22)28-27(26)29)18-8-4-2-5-9-18/h2-17,26-28H,1H3. The van der Waals surface area contributed by atoms with Crippen molar-refractivity contribution in [2.45, 2.75) is 12.1 Å². The number of hydrogen-bond acceptors (Lipinski definition) is 2. The van der Waals surface area contributed by atoms with E-state index in [1.54, 1.807) is 0 Å². The van der Waals surface area contributed by atoms with Gasteiger partial charge < -0.3 is 10.2 Å². The van der Waals surface area contributed by atoms with Gasteiger partial charge in [0.1, 0.15) is 6.17 Å². The van der Waals surface area contributed by atoms with Crippen molar-refractivity contribution >= 4 is 11.4 Å². The molecule has 0 aromatic heterocycles. The lowest BCUT2D eigenvalue weighted by molar-refractivity contribution is 0.705. The Morgan fingerprint density at radius 3 is 1.86 bits per heavy atom. The van der Waals surface area contributed by atoms with E-state index < -0.39 is 0 Å². The first-order valence-electron chi connectivity index (χ1n) is 10.2. The molecule has 2 unspecified atom stereocenters. The van der Waals surface area contributed by atoms with E-state index in [0.29, 0.717) is 5.92 Å². The van der Waals surface area contributed by atoms with Crippen LogP contribution < -0.4 is 10.2 Å². The Bertz CT molecular complexity index is 1200. The Balaban J connectivity index is 1.41. The number of nitrogens with zero attached hydrogens (tertiary/aromatic N) is 1. The van der Waals surface area contributed by atoms with Crippen molar-refractivity contribution in [3.8, 4) is 22.3 Å². The molecular formula is C27H22N2. The van der Waals surface area contributed by atoms with Gasteiger partial charge in [-0.1, -0.05) is 84.9 Å². The van der Waals surface area contributed by atoms with Gasteiger partial charge in [-0.3, -0.25) is 0 Å². The Labute approximate surface area is 171 Å². The highest BCUT2D eigenvalue weighted by atomic mass is 15.3. The first-order chi connectivity index (χ1) is 14.3. The second-order valence-corrected chi connectivity index (χ2v) is 7.99. The summed E-state index contributed by atoms with van der Waals surface area (Å²) >= 11 is 0. The van der Waals surface area contributed by atoms with Gasteiger partial charge in [-0.25, -0.2) is 0 Å². The lowest BCUT2D eigenvalue weighted by Crippen LogP contribution is -2.33.